The SMILES string of the molecule is COc1cccc(C(=O)N2CCC[C@@H](c3nc(-c4cccs4)no3)C2)c1. The minimum atomic E-state index is 0.00611. The van der Waals surface area contributed by atoms with Gasteiger partial charge in [-0.25, -0.2) is 0 Å². The highest BCUT2D eigenvalue weighted by Gasteiger charge is 2.29. The number of aromatic nitrogens is 2. The molecule has 0 bridgehead atoms. The maximum Gasteiger partial charge on any atom is 0.254 e. The highest BCUT2D eigenvalue weighted by Crippen LogP contribution is 2.29. The van der Waals surface area contributed by atoms with Gasteiger partial charge < -0.3 is 14.2 Å². The molecule has 1 aromatic carbocycles. The number of carbonyl (C=O) groups excluding carboxylic acids is 1. The van der Waals surface area contributed by atoms with E-state index in [1.807, 2.05) is 40.6 Å². The van der Waals surface area contributed by atoms with Crippen LogP contribution in [0.5, 0.6) is 5.75 Å². The molecule has 0 radical (unpaired) electrons. The van der Waals surface area contributed by atoms with Gasteiger partial charge in [0, 0.05) is 18.7 Å². The van der Waals surface area contributed by atoms with E-state index in [9.17, 15) is 4.79 Å². The van der Waals surface area contributed by atoms with Crippen molar-refractivity contribution in [2.45, 2.75) is 18.8 Å². The summed E-state index contributed by atoms with van der Waals surface area (Å²) in [6.45, 7) is 1.32. The van der Waals surface area contributed by atoms with Gasteiger partial charge in [0.25, 0.3) is 5.91 Å². The summed E-state index contributed by atoms with van der Waals surface area (Å²) in [7, 11) is 1.60. The molecule has 0 unspecified atom stereocenters. The standard InChI is InChI=1S/C19H19N3O3S/c1-24-15-7-2-5-13(11-15)19(23)22-9-3-6-14(12-22)18-20-17(21-25-18)16-8-4-10-26-16/h2,4-5,7-8,10-11,14H,3,6,9,12H2,1H3/t14-/m1/s1. The highest BCUT2D eigenvalue weighted by atomic mass is 32.1. The third-order valence-electron chi connectivity index (χ3n) is 4.56. The van der Waals surface area contributed by atoms with Crippen molar-refractivity contribution < 1.29 is 14.1 Å². The summed E-state index contributed by atoms with van der Waals surface area (Å²) in [5.74, 6) is 1.98. The Balaban J connectivity index is 1.49. The third kappa shape index (κ3) is 3.35. The van der Waals surface area contributed by atoms with E-state index >= 15 is 0 Å². The summed E-state index contributed by atoms with van der Waals surface area (Å²) < 4.78 is 10.7. The van der Waals surface area contributed by atoms with Crippen LogP contribution in [0.2, 0.25) is 0 Å². The number of benzene rings is 1. The summed E-state index contributed by atoms with van der Waals surface area (Å²) in [6.07, 6.45) is 1.85. The van der Waals surface area contributed by atoms with Crippen molar-refractivity contribution >= 4 is 17.2 Å². The summed E-state index contributed by atoms with van der Waals surface area (Å²) in [4.78, 5) is 20.2. The van der Waals surface area contributed by atoms with E-state index in [2.05, 4.69) is 10.1 Å². The van der Waals surface area contributed by atoms with Crippen LogP contribution in [0.3, 0.4) is 0 Å². The Bertz CT molecular complexity index is 891. The average molecular weight is 369 g/mol. The van der Waals surface area contributed by atoms with Crippen molar-refractivity contribution in [3.8, 4) is 16.5 Å². The highest BCUT2D eigenvalue weighted by molar-refractivity contribution is 7.13. The largest absolute Gasteiger partial charge is 0.497 e. The van der Waals surface area contributed by atoms with Gasteiger partial charge in [-0.15, -0.1) is 11.3 Å². The first-order chi connectivity index (χ1) is 12.7. The van der Waals surface area contributed by atoms with Crippen molar-refractivity contribution in [3.63, 3.8) is 0 Å². The lowest BCUT2D eigenvalue weighted by Crippen LogP contribution is -2.39. The smallest absolute Gasteiger partial charge is 0.254 e. The Kier molecular flexibility index (Phi) is 4.71. The van der Waals surface area contributed by atoms with Gasteiger partial charge in [-0.3, -0.25) is 4.79 Å². The first kappa shape index (κ1) is 16.8. The molecule has 0 spiro atoms. The van der Waals surface area contributed by atoms with E-state index in [0.29, 0.717) is 29.6 Å². The normalized spacial score (nSPS) is 17.3. The lowest BCUT2D eigenvalue weighted by atomic mass is 9.97. The number of thiophene rings is 1. The quantitative estimate of drug-likeness (QED) is 0.699. The number of methoxy groups -OCH3 is 1. The number of hydrogen-bond acceptors (Lipinski definition) is 6. The number of amides is 1. The number of rotatable bonds is 4. The van der Waals surface area contributed by atoms with E-state index in [1.54, 1.807) is 24.5 Å². The molecule has 1 aliphatic heterocycles. The molecule has 0 N–H and O–H groups in total. The van der Waals surface area contributed by atoms with Gasteiger partial charge in [0.2, 0.25) is 11.7 Å². The van der Waals surface area contributed by atoms with Crippen LogP contribution in [0, 0.1) is 0 Å². The van der Waals surface area contributed by atoms with Crippen molar-refractivity contribution in [2.75, 3.05) is 20.2 Å². The molecule has 0 aliphatic carbocycles. The molecular weight excluding hydrogens is 350 g/mol. The summed E-state index contributed by atoms with van der Waals surface area (Å²) in [6, 6.07) is 11.2. The molecule has 26 heavy (non-hydrogen) atoms. The topological polar surface area (TPSA) is 68.5 Å². The molecule has 7 heteroatoms. The molecule has 0 saturated carbocycles. The second-order valence-corrected chi connectivity index (χ2v) is 7.20. The Morgan fingerprint density at radius 1 is 1.35 bits per heavy atom. The van der Waals surface area contributed by atoms with Crippen LogP contribution in [0.4, 0.5) is 0 Å². The van der Waals surface area contributed by atoms with Crippen LogP contribution in [-0.4, -0.2) is 41.1 Å². The van der Waals surface area contributed by atoms with Crippen LogP contribution in [0.15, 0.2) is 46.3 Å². The summed E-state index contributed by atoms with van der Waals surface area (Å²) in [5.41, 5.74) is 0.634. The molecule has 1 saturated heterocycles. The second-order valence-electron chi connectivity index (χ2n) is 6.26. The van der Waals surface area contributed by atoms with Crippen molar-refractivity contribution in [2.24, 2.45) is 0 Å². The summed E-state index contributed by atoms with van der Waals surface area (Å²) >= 11 is 1.58. The molecule has 1 aliphatic rings. The number of nitrogens with zero attached hydrogens (tertiary/aromatic N) is 3. The molecule has 1 fully saturated rings. The van der Waals surface area contributed by atoms with Gasteiger partial charge in [0.15, 0.2) is 0 Å². The van der Waals surface area contributed by atoms with Crippen molar-refractivity contribution in [1.82, 2.24) is 15.0 Å². The van der Waals surface area contributed by atoms with E-state index in [1.165, 1.54) is 0 Å². The predicted molar refractivity (Wildman–Crippen MR) is 98.5 cm³/mol. The fourth-order valence-electron chi connectivity index (χ4n) is 3.21. The van der Waals surface area contributed by atoms with E-state index < -0.39 is 0 Å². The van der Waals surface area contributed by atoms with E-state index in [4.69, 9.17) is 9.26 Å². The van der Waals surface area contributed by atoms with Crippen molar-refractivity contribution in [3.05, 3.63) is 53.2 Å². The van der Waals surface area contributed by atoms with Gasteiger partial charge in [0.05, 0.1) is 17.9 Å². The Morgan fingerprint density at radius 3 is 3.08 bits per heavy atom. The fourth-order valence-corrected chi connectivity index (χ4v) is 3.86. The lowest BCUT2D eigenvalue weighted by Gasteiger charge is -2.31. The van der Waals surface area contributed by atoms with E-state index in [0.717, 1.165) is 24.3 Å². The monoisotopic (exact) mass is 369 g/mol. The molecule has 1 amide bonds. The molecule has 3 aromatic rings. The maximum absolute atomic E-state index is 12.8. The third-order valence-corrected chi connectivity index (χ3v) is 5.42. The number of piperidine rings is 1. The minimum Gasteiger partial charge on any atom is -0.497 e. The van der Waals surface area contributed by atoms with Gasteiger partial charge in [-0.2, -0.15) is 4.98 Å². The predicted octanol–water partition coefficient (Wildman–Crippen LogP) is 3.83. The Labute approximate surface area is 155 Å². The molecule has 2 aromatic heterocycles. The Morgan fingerprint density at radius 2 is 2.27 bits per heavy atom. The molecule has 3 heterocycles. The van der Waals surface area contributed by atoms with Gasteiger partial charge in [-0.05, 0) is 42.5 Å². The van der Waals surface area contributed by atoms with Crippen molar-refractivity contribution in [1.29, 1.82) is 0 Å². The summed E-state index contributed by atoms with van der Waals surface area (Å²) in [5, 5.41) is 6.08. The first-order valence-electron chi connectivity index (χ1n) is 8.55. The van der Waals surface area contributed by atoms with E-state index in [-0.39, 0.29) is 11.8 Å². The molecule has 134 valence electrons. The molecular formula is C19H19N3O3S. The first-order valence-corrected chi connectivity index (χ1v) is 9.43. The Hall–Kier alpha value is -2.67. The van der Waals surface area contributed by atoms with Crippen LogP contribution < -0.4 is 4.74 Å². The van der Waals surface area contributed by atoms with Gasteiger partial charge in [0.1, 0.15) is 5.75 Å². The van der Waals surface area contributed by atoms with Gasteiger partial charge >= 0.3 is 0 Å². The second kappa shape index (κ2) is 7.29. The average Bonchev–Trinajstić information content (AvgIpc) is 3.39. The number of likely N-dealkylation sites (tertiary alicyclic amines) is 1. The zero-order chi connectivity index (χ0) is 17.9. The van der Waals surface area contributed by atoms with Crippen LogP contribution >= 0.6 is 11.3 Å². The lowest BCUT2D eigenvalue weighted by molar-refractivity contribution is 0.0695. The fraction of sp³-hybridized carbons (Fsp3) is 0.316. The number of hydrogen-bond donors (Lipinski definition) is 0. The van der Waals surface area contributed by atoms with Crippen LogP contribution in [0.25, 0.3) is 10.7 Å². The van der Waals surface area contributed by atoms with Crippen LogP contribution in [-0.2, 0) is 0 Å². The number of carbonyl (C=O) groups is 1. The van der Waals surface area contributed by atoms with Gasteiger partial charge in [-0.1, -0.05) is 17.3 Å². The number of ether oxygens (including phenoxy) is 1. The minimum absolute atomic E-state index is 0.00611. The van der Waals surface area contributed by atoms with Crippen LogP contribution in [0.1, 0.15) is 35.0 Å². The molecule has 4 rings (SSSR count). The zero-order valence-electron chi connectivity index (χ0n) is 14.4. The molecule has 1 atom stereocenters. The molecule has 6 nitrogen and oxygen atoms in total. The zero-order valence-corrected chi connectivity index (χ0v) is 15.2. The maximum atomic E-state index is 12.8.